The molecule has 1 unspecified atom stereocenters. The summed E-state index contributed by atoms with van der Waals surface area (Å²) in [5.74, 6) is -0.699. The quantitative estimate of drug-likeness (QED) is 0.815. The number of hydroxylamine groups is 2. The third kappa shape index (κ3) is 5.18. The third-order valence-electron chi connectivity index (χ3n) is 2.52. The van der Waals surface area contributed by atoms with Crippen molar-refractivity contribution < 1.29 is 18.8 Å². The van der Waals surface area contributed by atoms with Gasteiger partial charge in [0.05, 0.1) is 18.1 Å². The molecule has 2 amide bonds. The van der Waals surface area contributed by atoms with Crippen LogP contribution in [0, 0.1) is 5.82 Å². The molecule has 0 spiro atoms. The van der Waals surface area contributed by atoms with E-state index < -0.39 is 0 Å². The second-order valence-electron chi connectivity index (χ2n) is 4.03. The summed E-state index contributed by atoms with van der Waals surface area (Å²) in [7, 11) is 2.91. The average Bonchev–Trinajstić information content (AvgIpc) is 2.45. The first kappa shape index (κ1) is 16.5. The molecule has 110 valence electrons. The molecule has 0 bridgehead atoms. The largest absolute Gasteiger partial charge is 0.325 e. The SMILES string of the molecule is CON(C)C(=O)C(C)SCC(=O)Nc1ccc(F)cc1. The van der Waals surface area contributed by atoms with E-state index in [1.807, 2.05) is 0 Å². The van der Waals surface area contributed by atoms with Gasteiger partial charge in [-0.15, -0.1) is 11.8 Å². The average molecular weight is 300 g/mol. The first-order chi connectivity index (χ1) is 9.43. The Kier molecular flexibility index (Phi) is 6.47. The maximum atomic E-state index is 12.7. The van der Waals surface area contributed by atoms with Crippen LogP contribution in [0.5, 0.6) is 0 Å². The van der Waals surface area contributed by atoms with Gasteiger partial charge in [-0.25, -0.2) is 9.45 Å². The molecule has 7 heteroatoms. The monoisotopic (exact) mass is 300 g/mol. The number of hydrogen-bond donors (Lipinski definition) is 1. The number of carbonyl (C=O) groups excluding carboxylic acids is 2. The van der Waals surface area contributed by atoms with Crippen LogP contribution in [0.1, 0.15) is 6.92 Å². The van der Waals surface area contributed by atoms with Crippen LogP contribution in [0.3, 0.4) is 0 Å². The second-order valence-corrected chi connectivity index (χ2v) is 5.36. The van der Waals surface area contributed by atoms with Crippen molar-refractivity contribution in [1.29, 1.82) is 0 Å². The van der Waals surface area contributed by atoms with Gasteiger partial charge in [0.1, 0.15) is 5.82 Å². The van der Waals surface area contributed by atoms with E-state index in [2.05, 4.69) is 5.32 Å². The zero-order valence-corrected chi connectivity index (χ0v) is 12.4. The fourth-order valence-electron chi connectivity index (χ4n) is 1.35. The summed E-state index contributed by atoms with van der Waals surface area (Å²) in [5, 5.41) is 3.35. The molecule has 0 saturated heterocycles. The zero-order chi connectivity index (χ0) is 15.1. The molecule has 1 N–H and O–H groups in total. The van der Waals surface area contributed by atoms with Gasteiger partial charge < -0.3 is 5.32 Å². The Morgan fingerprint density at radius 2 is 2.00 bits per heavy atom. The van der Waals surface area contributed by atoms with Crippen molar-refractivity contribution in [3.8, 4) is 0 Å². The summed E-state index contributed by atoms with van der Waals surface area (Å²) in [6.07, 6.45) is 0. The van der Waals surface area contributed by atoms with Crippen LogP contribution in [0.25, 0.3) is 0 Å². The van der Waals surface area contributed by atoms with Crippen LogP contribution in [0.15, 0.2) is 24.3 Å². The molecule has 1 aromatic carbocycles. The van der Waals surface area contributed by atoms with Gasteiger partial charge in [-0.2, -0.15) is 0 Å². The van der Waals surface area contributed by atoms with Crippen LogP contribution >= 0.6 is 11.8 Å². The van der Waals surface area contributed by atoms with E-state index in [1.165, 1.54) is 50.2 Å². The Balaban J connectivity index is 2.40. The molecule has 0 aliphatic carbocycles. The topological polar surface area (TPSA) is 58.6 Å². The lowest BCUT2D eigenvalue weighted by atomic mass is 10.3. The molecular weight excluding hydrogens is 283 g/mol. The highest BCUT2D eigenvalue weighted by molar-refractivity contribution is 8.01. The highest BCUT2D eigenvalue weighted by Crippen LogP contribution is 2.14. The Hall–Kier alpha value is -1.60. The fraction of sp³-hybridized carbons (Fsp3) is 0.385. The van der Waals surface area contributed by atoms with Crippen LogP contribution in [0.4, 0.5) is 10.1 Å². The van der Waals surface area contributed by atoms with Crippen molar-refractivity contribution in [1.82, 2.24) is 5.06 Å². The van der Waals surface area contributed by atoms with E-state index in [0.29, 0.717) is 5.69 Å². The van der Waals surface area contributed by atoms with Gasteiger partial charge in [0.25, 0.3) is 5.91 Å². The van der Waals surface area contributed by atoms with Crippen molar-refractivity contribution in [3.05, 3.63) is 30.1 Å². The van der Waals surface area contributed by atoms with E-state index >= 15 is 0 Å². The Morgan fingerprint density at radius 3 is 2.55 bits per heavy atom. The van der Waals surface area contributed by atoms with Crippen LogP contribution in [0.2, 0.25) is 0 Å². The van der Waals surface area contributed by atoms with Gasteiger partial charge in [0.15, 0.2) is 0 Å². The minimum atomic E-state index is -0.390. The lowest BCUT2D eigenvalue weighted by Crippen LogP contribution is -2.33. The second kappa shape index (κ2) is 7.86. The zero-order valence-electron chi connectivity index (χ0n) is 11.6. The first-order valence-electron chi connectivity index (χ1n) is 5.92. The maximum absolute atomic E-state index is 12.7. The summed E-state index contributed by atoms with van der Waals surface area (Å²) in [5.41, 5.74) is 0.519. The van der Waals surface area contributed by atoms with Crippen molar-refractivity contribution >= 4 is 29.3 Å². The number of carbonyl (C=O) groups is 2. The fourth-order valence-corrected chi connectivity index (χ4v) is 2.11. The van der Waals surface area contributed by atoms with Gasteiger partial charge in [-0.1, -0.05) is 0 Å². The van der Waals surface area contributed by atoms with E-state index in [1.54, 1.807) is 6.92 Å². The summed E-state index contributed by atoms with van der Waals surface area (Å²) in [6.45, 7) is 1.70. The predicted molar refractivity (Wildman–Crippen MR) is 76.7 cm³/mol. The van der Waals surface area contributed by atoms with Gasteiger partial charge in [0, 0.05) is 12.7 Å². The van der Waals surface area contributed by atoms with E-state index in [9.17, 15) is 14.0 Å². The molecule has 1 atom stereocenters. The van der Waals surface area contributed by atoms with Gasteiger partial charge >= 0.3 is 0 Å². The molecule has 0 aromatic heterocycles. The normalized spacial score (nSPS) is 11.8. The number of anilines is 1. The van der Waals surface area contributed by atoms with Crippen molar-refractivity contribution in [2.24, 2.45) is 0 Å². The Labute approximate surface area is 121 Å². The first-order valence-corrected chi connectivity index (χ1v) is 6.97. The number of halogens is 1. The van der Waals surface area contributed by atoms with E-state index in [-0.39, 0.29) is 28.6 Å². The number of benzene rings is 1. The highest BCUT2D eigenvalue weighted by atomic mass is 32.2. The highest BCUT2D eigenvalue weighted by Gasteiger charge is 2.19. The molecule has 0 fully saturated rings. The number of hydrogen-bond acceptors (Lipinski definition) is 4. The molecule has 0 aliphatic rings. The predicted octanol–water partition coefficient (Wildman–Crippen LogP) is 1.91. The number of nitrogens with one attached hydrogen (secondary N) is 1. The minimum Gasteiger partial charge on any atom is -0.325 e. The molecule has 0 saturated carbocycles. The van der Waals surface area contributed by atoms with Crippen molar-refractivity contribution in [2.75, 3.05) is 25.2 Å². The lowest BCUT2D eigenvalue weighted by Gasteiger charge is -2.18. The van der Waals surface area contributed by atoms with Crippen LogP contribution in [-0.4, -0.2) is 42.0 Å². The Morgan fingerprint density at radius 1 is 1.40 bits per heavy atom. The molecule has 1 aromatic rings. The van der Waals surface area contributed by atoms with Crippen molar-refractivity contribution in [2.45, 2.75) is 12.2 Å². The molecule has 20 heavy (non-hydrogen) atoms. The molecule has 1 rings (SSSR count). The molecule has 0 radical (unpaired) electrons. The summed E-state index contributed by atoms with van der Waals surface area (Å²) in [6, 6.07) is 5.49. The molecule has 0 heterocycles. The number of nitrogens with zero attached hydrogens (tertiary/aromatic N) is 1. The summed E-state index contributed by atoms with van der Waals surface area (Å²) >= 11 is 1.20. The molecule has 0 aliphatic heterocycles. The lowest BCUT2D eigenvalue weighted by molar-refractivity contribution is -0.167. The van der Waals surface area contributed by atoms with E-state index in [0.717, 1.165) is 5.06 Å². The summed E-state index contributed by atoms with van der Waals surface area (Å²) in [4.78, 5) is 28.2. The molecule has 5 nitrogen and oxygen atoms in total. The maximum Gasteiger partial charge on any atom is 0.258 e. The van der Waals surface area contributed by atoms with Crippen LogP contribution < -0.4 is 5.32 Å². The van der Waals surface area contributed by atoms with Crippen LogP contribution in [-0.2, 0) is 14.4 Å². The van der Waals surface area contributed by atoms with Gasteiger partial charge in [-0.05, 0) is 31.2 Å². The van der Waals surface area contributed by atoms with Gasteiger partial charge in [0.2, 0.25) is 5.91 Å². The Bertz CT molecular complexity index is 467. The van der Waals surface area contributed by atoms with Gasteiger partial charge in [-0.3, -0.25) is 14.4 Å². The molecular formula is C13H17FN2O3S. The number of thioether (sulfide) groups is 1. The van der Waals surface area contributed by atoms with Crippen molar-refractivity contribution in [3.63, 3.8) is 0 Å². The standard InChI is InChI=1S/C13H17FN2O3S/c1-9(13(18)16(2)19-3)20-8-12(17)15-11-6-4-10(14)5-7-11/h4-7,9H,8H2,1-3H3,(H,15,17). The number of amides is 2. The summed E-state index contributed by atoms with van der Waals surface area (Å²) < 4.78 is 12.7. The number of rotatable bonds is 6. The third-order valence-corrected chi connectivity index (χ3v) is 3.65. The smallest absolute Gasteiger partial charge is 0.258 e. The minimum absolute atomic E-state index is 0.127. The van der Waals surface area contributed by atoms with E-state index in [4.69, 9.17) is 4.84 Å².